The Morgan fingerprint density at radius 1 is 1.47 bits per heavy atom. The van der Waals surface area contributed by atoms with Crippen LogP contribution in [0.1, 0.15) is 30.0 Å². The highest BCUT2D eigenvalue weighted by molar-refractivity contribution is 7.11. The van der Waals surface area contributed by atoms with Gasteiger partial charge in [0.15, 0.2) is 5.96 Å². The number of rotatable bonds is 4. The van der Waals surface area contributed by atoms with Crippen LogP contribution in [0.5, 0.6) is 0 Å². The van der Waals surface area contributed by atoms with Crippen molar-refractivity contribution in [3.05, 3.63) is 21.9 Å². The molecular formula is C13H21N3S. The predicted octanol–water partition coefficient (Wildman–Crippen LogP) is 2.38. The summed E-state index contributed by atoms with van der Waals surface area (Å²) in [5.74, 6) is 1.72. The van der Waals surface area contributed by atoms with Gasteiger partial charge in [-0.2, -0.15) is 0 Å². The van der Waals surface area contributed by atoms with Gasteiger partial charge >= 0.3 is 0 Å². The van der Waals surface area contributed by atoms with E-state index in [4.69, 9.17) is 0 Å². The van der Waals surface area contributed by atoms with Gasteiger partial charge in [0, 0.05) is 22.8 Å². The highest BCUT2D eigenvalue weighted by atomic mass is 32.1. The number of nitrogens with one attached hydrogen (secondary N) is 2. The van der Waals surface area contributed by atoms with Crippen molar-refractivity contribution < 1.29 is 0 Å². The second-order valence-corrected chi connectivity index (χ2v) is 5.86. The molecule has 3 nitrogen and oxygen atoms in total. The quantitative estimate of drug-likeness (QED) is 0.637. The number of hydrogen-bond acceptors (Lipinski definition) is 2. The fourth-order valence-corrected chi connectivity index (χ4v) is 2.67. The lowest BCUT2D eigenvalue weighted by Gasteiger charge is -2.10. The van der Waals surface area contributed by atoms with Crippen LogP contribution in [-0.2, 0) is 13.0 Å². The van der Waals surface area contributed by atoms with E-state index in [0.717, 1.165) is 24.8 Å². The van der Waals surface area contributed by atoms with Gasteiger partial charge in [-0.25, -0.2) is 0 Å². The maximum absolute atomic E-state index is 4.24. The molecule has 1 heterocycles. The molecule has 0 aliphatic heterocycles. The molecule has 0 aromatic carbocycles. The van der Waals surface area contributed by atoms with Crippen molar-refractivity contribution in [2.24, 2.45) is 10.9 Å². The summed E-state index contributed by atoms with van der Waals surface area (Å²) < 4.78 is 0. The molecule has 1 fully saturated rings. The van der Waals surface area contributed by atoms with Crippen LogP contribution >= 0.6 is 11.3 Å². The van der Waals surface area contributed by atoms with Crippen LogP contribution < -0.4 is 10.6 Å². The lowest BCUT2D eigenvalue weighted by Crippen LogP contribution is -2.38. The molecule has 94 valence electrons. The molecule has 0 bridgehead atoms. The Morgan fingerprint density at radius 2 is 2.18 bits per heavy atom. The molecule has 1 aromatic heterocycles. The first-order chi connectivity index (χ1) is 8.22. The first-order valence-corrected chi connectivity index (χ1v) is 7.09. The van der Waals surface area contributed by atoms with Gasteiger partial charge in [0.05, 0.1) is 6.54 Å². The minimum absolute atomic E-state index is 0.621. The molecule has 2 atom stereocenters. The summed E-state index contributed by atoms with van der Waals surface area (Å²) in [6, 6.07) is 5.03. The van der Waals surface area contributed by atoms with E-state index in [1.807, 2.05) is 18.4 Å². The van der Waals surface area contributed by atoms with Gasteiger partial charge in [-0.3, -0.25) is 4.99 Å². The standard InChI is InChI=1S/C13H21N3S/c1-4-10-5-6-11(17-10)8-15-13(14-3)16-12-7-9(12)2/h5-6,9,12H,4,7-8H2,1-3H3,(H2,14,15,16). The Morgan fingerprint density at radius 3 is 2.71 bits per heavy atom. The molecule has 0 radical (unpaired) electrons. The zero-order valence-electron chi connectivity index (χ0n) is 10.8. The molecule has 2 N–H and O–H groups in total. The summed E-state index contributed by atoms with van der Waals surface area (Å²) >= 11 is 1.88. The first kappa shape index (κ1) is 12.4. The Kier molecular flexibility index (Phi) is 4.05. The highest BCUT2D eigenvalue weighted by Gasteiger charge is 2.33. The minimum Gasteiger partial charge on any atom is -0.353 e. The molecule has 4 heteroatoms. The molecular weight excluding hydrogens is 230 g/mol. The normalized spacial score (nSPS) is 23.6. The summed E-state index contributed by atoms with van der Waals surface area (Å²) in [5.41, 5.74) is 0. The van der Waals surface area contributed by atoms with Crippen molar-refractivity contribution in [3.63, 3.8) is 0 Å². The van der Waals surface area contributed by atoms with Crippen LogP contribution in [0, 0.1) is 5.92 Å². The Labute approximate surface area is 107 Å². The van der Waals surface area contributed by atoms with E-state index in [-0.39, 0.29) is 0 Å². The molecule has 2 rings (SSSR count). The van der Waals surface area contributed by atoms with Gasteiger partial charge in [0.1, 0.15) is 0 Å². The van der Waals surface area contributed by atoms with E-state index in [1.165, 1.54) is 16.2 Å². The number of aryl methyl sites for hydroxylation is 1. The molecule has 0 saturated heterocycles. The zero-order chi connectivity index (χ0) is 12.3. The van der Waals surface area contributed by atoms with Crippen LogP contribution in [-0.4, -0.2) is 19.0 Å². The summed E-state index contributed by atoms with van der Waals surface area (Å²) in [6.45, 7) is 5.32. The smallest absolute Gasteiger partial charge is 0.191 e. The van der Waals surface area contributed by atoms with E-state index >= 15 is 0 Å². The van der Waals surface area contributed by atoms with Crippen LogP contribution in [0.25, 0.3) is 0 Å². The van der Waals surface area contributed by atoms with E-state index in [0.29, 0.717) is 6.04 Å². The molecule has 1 aliphatic carbocycles. The third kappa shape index (κ3) is 3.46. The lowest BCUT2D eigenvalue weighted by atomic mass is 10.3. The SMILES string of the molecule is CCc1ccc(CNC(=NC)NC2CC2C)s1. The van der Waals surface area contributed by atoms with E-state index in [9.17, 15) is 0 Å². The van der Waals surface area contributed by atoms with Gasteiger partial charge in [0.2, 0.25) is 0 Å². The van der Waals surface area contributed by atoms with Crippen LogP contribution in [0.3, 0.4) is 0 Å². The van der Waals surface area contributed by atoms with E-state index in [2.05, 4.69) is 41.6 Å². The number of aliphatic imine (C=N–C) groups is 1. The average Bonchev–Trinajstić information content (AvgIpc) is 2.85. The first-order valence-electron chi connectivity index (χ1n) is 6.27. The maximum Gasteiger partial charge on any atom is 0.191 e. The summed E-state index contributed by atoms with van der Waals surface area (Å²) in [4.78, 5) is 7.06. The molecule has 17 heavy (non-hydrogen) atoms. The third-order valence-electron chi connectivity index (χ3n) is 3.15. The third-order valence-corrected chi connectivity index (χ3v) is 4.38. The predicted molar refractivity (Wildman–Crippen MR) is 74.6 cm³/mol. The fraction of sp³-hybridized carbons (Fsp3) is 0.615. The number of thiophene rings is 1. The van der Waals surface area contributed by atoms with Crippen molar-refractivity contribution in [2.75, 3.05) is 7.05 Å². The average molecular weight is 251 g/mol. The number of guanidine groups is 1. The van der Waals surface area contributed by atoms with Crippen molar-refractivity contribution in [2.45, 2.75) is 39.3 Å². The van der Waals surface area contributed by atoms with Crippen LogP contribution in [0.2, 0.25) is 0 Å². The van der Waals surface area contributed by atoms with Gasteiger partial charge in [-0.05, 0) is 30.9 Å². The second kappa shape index (κ2) is 5.54. The van der Waals surface area contributed by atoms with Crippen molar-refractivity contribution >= 4 is 17.3 Å². The number of nitrogens with zero attached hydrogens (tertiary/aromatic N) is 1. The summed E-state index contributed by atoms with van der Waals surface area (Å²) in [6.07, 6.45) is 2.39. The zero-order valence-corrected chi connectivity index (χ0v) is 11.6. The Bertz CT molecular complexity index is 397. The molecule has 2 unspecified atom stereocenters. The maximum atomic E-state index is 4.24. The lowest BCUT2D eigenvalue weighted by molar-refractivity contribution is 0.766. The topological polar surface area (TPSA) is 36.4 Å². The molecule has 1 aliphatic rings. The largest absolute Gasteiger partial charge is 0.353 e. The van der Waals surface area contributed by atoms with E-state index < -0.39 is 0 Å². The van der Waals surface area contributed by atoms with Crippen molar-refractivity contribution in [1.29, 1.82) is 0 Å². The summed E-state index contributed by atoms with van der Waals surface area (Å²) in [5, 5.41) is 6.79. The Balaban J connectivity index is 1.79. The second-order valence-electron chi connectivity index (χ2n) is 4.61. The van der Waals surface area contributed by atoms with Crippen molar-refractivity contribution in [1.82, 2.24) is 10.6 Å². The van der Waals surface area contributed by atoms with Crippen LogP contribution in [0.4, 0.5) is 0 Å². The van der Waals surface area contributed by atoms with Gasteiger partial charge < -0.3 is 10.6 Å². The Hall–Kier alpha value is -1.03. The minimum atomic E-state index is 0.621. The monoisotopic (exact) mass is 251 g/mol. The number of hydrogen-bond donors (Lipinski definition) is 2. The van der Waals surface area contributed by atoms with Gasteiger partial charge in [0.25, 0.3) is 0 Å². The molecule has 0 amide bonds. The highest BCUT2D eigenvalue weighted by Crippen LogP contribution is 2.28. The van der Waals surface area contributed by atoms with Gasteiger partial charge in [-0.15, -0.1) is 11.3 Å². The fourth-order valence-electron chi connectivity index (χ4n) is 1.77. The summed E-state index contributed by atoms with van der Waals surface area (Å²) in [7, 11) is 1.83. The molecule has 1 saturated carbocycles. The van der Waals surface area contributed by atoms with Crippen molar-refractivity contribution in [3.8, 4) is 0 Å². The molecule has 1 aromatic rings. The van der Waals surface area contributed by atoms with Crippen LogP contribution in [0.15, 0.2) is 17.1 Å². The molecule has 0 spiro atoms. The van der Waals surface area contributed by atoms with E-state index in [1.54, 1.807) is 0 Å². The van der Waals surface area contributed by atoms with Gasteiger partial charge in [-0.1, -0.05) is 13.8 Å².